The Labute approximate surface area is 191 Å². The number of fused-ring (bicyclic) bond motifs is 1. The summed E-state index contributed by atoms with van der Waals surface area (Å²) in [6.07, 6.45) is 4.62. The first-order valence-corrected chi connectivity index (χ1v) is 11.0. The predicted molar refractivity (Wildman–Crippen MR) is 123 cm³/mol. The number of benzene rings is 2. The normalized spacial score (nSPS) is 25.9. The van der Waals surface area contributed by atoms with Crippen LogP contribution in [0.1, 0.15) is 29.3 Å². The van der Waals surface area contributed by atoms with Gasteiger partial charge in [0, 0.05) is 18.2 Å². The molecule has 0 radical (unpaired) electrons. The Balaban J connectivity index is 1.40. The molecule has 1 fully saturated rings. The van der Waals surface area contributed by atoms with Crippen LogP contribution in [-0.4, -0.2) is 27.4 Å². The number of aromatic nitrogens is 2. The molecule has 2 heterocycles. The van der Waals surface area contributed by atoms with Crippen LogP contribution >= 0.6 is 0 Å². The Morgan fingerprint density at radius 1 is 1.03 bits per heavy atom. The van der Waals surface area contributed by atoms with Crippen LogP contribution in [0.15, 0.2) is 88.6 Å². The van der Waals surface area contributed by atoms with Crippen LogP contribution in [0.5, 0.6) is 0 Å². The summed E-state index contributed by atoms with van der Waals surface area (Å²) in [5, 5.41) is 0. The average Bonchev–Trinajstić information content (AvgIpc) is 3.36. The molecule has 0 amide bonds. The zero-order valence-electron chi connectivity index (χ0n) is 18.3. The smallest absolute Gasteiger partial charge is 0.330 e. The van der Waals surface area contributed by atoms with E-state index in [2.05, 4.69) is 4.98 Å². The summed E-state index contributed by atoms with van der Waals surface area (Å²) in [5.41, 5.74) is 0.921. The molecule has 0 unspecified atom stereocenters. The Bertz CT molecular complexity index is 1250. The molecule has 2 aromatic carbocycles. The summed E-state index contributed by atoms with van der Waals surface area (Å²) < 4.78 is 20.5. The van der Waals surface area contributed by atoms with Crippen LogP contribution in [-0.2, 0) is 27.4 Å². The number of nitrogens with zero attached hydrogens (tertiary/aromatic N) is 1. The fourth-order valence-electron chi connectivity index (χ4n) is 4.45. The van der Waals surface area contributed by atoms with Crippen molar-refractivity contribution < 1.29 is 14.2 Å². The van der Waals surface area contributed by atoms with Crippen molar-refractivity contribution in [2.24, 2.45) is 0 Å². The zero-order chi connectivity index (χ0) is 22.8. The first kappa shape index (κ1) is 21.6. The van der Waals surface area contributed by atoms with Crippen LogP contribution < -0.4 is 11.2 Å². The van der Waals surface area contributed by atoms with Gasteiger partial charge in [0.05, 0.1) is 13.2 Å². The van der Waals surface area contributed by atoms with Gasteiger partial charge in [-0.05, 0) is 18.1 Å². The van der Waals surface area contributed by atoms with Crippen molar-refractivity contribution >= 4 is 0 Å². The second-order valence-corrected chi connectivity index (χ2v) is 8.54. The maximum atomic E-state index is 12.5. The first-order valence-electron chi connectivity index (χ1n) is 11.0. The van der Waals surface area contributed by atoms with E-state index in [1.807, 2.05) is 72.8 Å². The number of H-pyrrole nitrogens is 1. The maximum absolute atomic E-state index is 12.5. The van der Waals surface area contributed by atoms with E-state index in [-0.39, 0.29) is 6.10 Å². The maximum Gasteiger partial charge on any atom is 0.330 e. The second-order valence-electron chi connectivity index (χ2n) is 8.54. The lowest BCUT2D eigenvalue weighted by Crippen LogP contribution is -2.42. The van der Waals surface area contributed by atoms with Gasteiger partial charge >= 0.3 is 5.69 Å². The largest absolute Gasteiger partial charge is 0.367 e. The predicted octanol–water partition coefficient (Wildman–Crippen LogP) is 3.24. The van der Waals surface area contributed by atoms with Crippen molar-refractivity contribution in [1.82, 2.24) is 9.55 Å². The quantitative estimate of drug-likeness (QED) is 0.564. The number of aromatic amines is 1. The van der Waals surface area contributed by atoms with Gasteiger partial charge in [-0.15, -0.1) is 0 Å². The Hall–Kier alpha value is -3.26. The van der Waals surface area contributed by atoms with E-state index in [9.17, 15) is 9.59 Å². The number of hydrogen-bond acceptors (Lipinski definition) is 5. The molecule has 4 atom stereocenters. The third kappa shape index (κ3) is 4.35. The van der Waals surface area contributed by atoms with Crippen molar-refractivity contribution in [3.63, 3.8) is 0 Å². The van der Waals surface area contributed by atoms with Gasteiger partial charge in [-0.3, -0.25) is 14.3 Å². The van der Waals surface area contributed by atoms with Gasteiger partial charge in [0.25, 0.3) is 5.56 Å². The molecule has 1 saturated heterocycles. The third-order valence-corrected chi connectivity index (χ3v) is 6.24. The molecule has 1 aliphatic carbocycles. The molecular formula is C26H26N2O5. The van der Waals surface area contributed by atoms with E-state index in [4.69, 9.17) is 14.2 Å². The molecule has 2 aliphatic rings. The molecule has 5 rings (SSSR count). The summed E-state index contributed by atoms with van der Waals surface area (Å²) in [5.74, 6) is 0. The van der Waals surface area contributed by atoms with Gasteiger partial charge in [-0.2, -0.15) is 0 Å². The van der Waals surface area contributed by atoms with Gasteiger partial charge in [0.15, 0.2) is 0 Å². The minimum absolute atomic E-state index is 0.328. The van der Waals surface area contributed by atoms with Crippen LogP contribution in [0.25, 0.3) is 0 Å². The summed E-state index contributed by atoms with van der Waals surface area (Å²) in [7, 11) is 0. The molecular weight excluding hydrogens is 420 g/mol. The highest BCUT2D eigenvalue weighted by atomic mass is 16.6. The van der Waals surface area contributed by atoms with Crippen molar-refractivity contribution in [2.45, 2.75) is 50.6 Å². The van der Waals surface area contributed by atoms with Gasteiger partial charge in [-0.25, -0.2) is 4.79 Å². The molecule has 1 aromatic heterocycles. The summed E-state index contributed by atoms with van der Waals surface area (Å²) in [6, 6.07) is 19.9. The highest BCUT2D eigenvalue weighted by Crippen LogP contribution is 2.46. The van der Waals surface area contributed by atoms with Crippen LogP contribution in [0, 0.1) is 6.92 Å². The number of hydrogen-bond donors (Lipinski definition) is 1. The minimum atomic E-state index is -0.745. The monoisotopic (exact) mass is 446 g/mol. The van der Waals surface area contributed by atoms with E-state index < -0.39 is 29.2 Å². The lowest BCUT2D eigenvalue weighted by molar-refractivity contribution is -0.123. The van der Waals surface area contributed by atoms with E-state index in [0.717, 1.165) is 11.1 Å². The molecule has 170 valence electrons. The lowest BCUT2D eigenvalue weighted by Gasteiger charge is -2.29. The van der Waals surface area contributed by atoms with Crippen molar-refractivity contribution in [1.29, 1.82) is 0 Å². The molecule has 1 N–H and O–H groups in total. The van der Waals surface area contributed by atoms with Gasteiger partial charge in [-0.1, -0.05) is 72.8 Å². The standard InChI is InChI=1S/C26H26N2O5/c1-18-15-28(25(30)27-24(18)29)22-14-26(32-17-20-10-6-3-7-11-20)13-12-21(23(26)33-22)31-16-19-8-4-2-5-9-19/h2-13,15,21-23H,14,16-17H2,1H3,(H,27,29,30)/t21-,22-,23-,26+/m1/s1. The Morgan fingerprint density at radius 2 is 1.70 bits per heavy atom. The summed E-state index contributed by atoms with van der Waals surface area (Å²) in [6.45, 7) is 2.51. The fourth-order valence-corrected chi connectivity index (χ4v) is 4.45. The molecule has 0 saturated carbocycles. The number of ether oxygens (including phenoxy) is 3. The highest BCUT2D eigenvalue weighted by Gasteiger charge is 2.55. The fraction of sp³-hybridized carbons (Fsp3) is 0.308. The molecule has 0 bridgehead atoms. The van der Waals surface area contributed by atoms with E-state index in [1.54, 1.807) is 13.1 Å². The van der Waals surface area contributed by atoms with E-state index in [1.165, 1.54) is 4.57 Å². The second kappa shape index (κ2) is 8.94. The van der Waals surface area contributed by atoms with Crippen LogP contribution in [0.3, 0.4) is 0 Å². The van der Waals surface area contributed by atoms with Crippen molar-refractivity contribution in [3.8, 4) is 0 Å². The van der Waals surface area contributed by atoms with Gasteiger partial charge < -0.3 is 14.2 Å². The topological polar surface area (TPSA) is 82.6 Å². The van der Waals surface area contributed by atoms with E-state index >= 15 is 0 Å². The number of nitrogens with one attached hydrogen (secondary N) is 1. The SMILES string of the molecule is Cc1cn([C@H]2C[C@@]3(OCc4ccccc4)C=C[C@@H](OCc4ccccc4)[C@H]3O2)c(=O)[nH]c1=O. The van der Waals surface area contributed by atoms with Crippen LogP contribution in [0.4, 0.5) is 0 Å². The zero-order valence-corrected chi connectivity index (χ0v) is 18.3. The first-order chi connectivity index (χ1) is 16.0. The molecule has 33 heavy (non-hydrogen) atoms. The van der Waals surface area contributed by atoms with Gasteiger partial charge in [0.1, 0.15) is 24.0 Å². The third-order valence-electron chi connectivity index (χ3n) is 6.24. The van der Waals surface area contributed by atoms with Gasteiger partial charge in [0.2, 0.25) is 0 Å². The Morgan fingerprint density at radius 3 is 2.39 bits per heavy atom. The minimum Gasteiger partial charge on any atom is -0.367 e. The molecule has 7 heteroatoms. The molecule has 3 aromatic rings. The van der Waals surface area contributed by atoms with Crippen molar-refractivity contribution in [3.05, 3.63) is 117 Å². The average molecular weight is 447 g/mol. The van der Waals surface area contributed by atoms with Crippen LogP contribution in [0.2, 0.25) is 0 Å². The molecule has 7 nitrogen and oxygen atoms in total. The summed E-state index contributed by atoms with van der Waals surface area (Å²) in [4.78, 5) is 26.7. The number of rotatable bonds is 7. The van der Waals surface area contributed by atoms with Crippen molar-refractivity contribution in [2.75, 3.05) is 0 Å². The molecule has 1 aliphatic heterocycles. The lowest BCUT2D eigenvalue weighted by atomic mass is 9.97. The van der Waals surface area contributed by atoms with E-state index in [0.29, 0.717) is 25.2 Å². The number of aryl methyl sites for hydroxylation is 1. The molecule has 0 spiro atoms. The highest BCUT2D eigenvalue weighted by molar-refractivity contribution is 5.25. The Kier molecular flexibility index (Phi) is 5.85. The summed E-state index contributed by atoms with van der Waals surface area (Å²) >= 11 is 0.